The number of hydrogen-bond donors (Lipinski definition) is 2. The first-order valence-electron chi connectivity index (χ1n) is 5.85. The van der Waals surface area contributed by atoms with Crippen LogP contribution in [0.3, 0.4) is 0 Å². The van der Waals surface area contributed by atoms with E-state index < -0.39 is 0 Å². The fourth-order valence-electron chi connectivity index (χ4n) is 2.02. The Bertz CT molecular complexity index is 416. The molecule has 1 aliphatic rings. The number of anilines is 1. The monoisotopic (exact) mass is 313 g/mol. The van der Waals surface area contributed by atoms with Crippen LogP contribution in [0.5, 0.6) is 0 Å². The van der Waals surface area contributed by atoms with Crippen LogP contribution in [0.25, 0.3) is 0 Å². The van der Waals surface area contributed by atoms with E-state index in [-0.39, 0.29) is 0 Å². The molecule has 1 heterocycles. The van der Waals surface area contributed by atoms with Gasteiger partial charge in [0.05, 0.1) is 4.47 Å². The third-order valence-electron chi connectivity index (χ3n) is 2.90. The number of hydrogen-bond acceptors (Lipinski definition) is 2. The SMILES string of the molecule is Cc1cnc(NC(=S)NC2CCCC2)c(Br)c1. The maximum atomic E-state index is 5.28. The molecule has 3 nitrogen and oxygen atoms in total. The molecule has 0 spiro atoms. The predicted octanol–water partition coefficient (Wildman–Crippen LogP) is 3.38. The van der Waals surface area contributed by atoms with Gasteiger partial charge in [-0.05, 0) is 59.5 Å². The number of rotatable bonds is 2. The van der Waals surface area contributed by atoms with Gasteiger partial charge in [-0.2, -0.15) is 0 Å². The normalized spacial score (nSPS) is 15.9. The highest BCUT2D eigenvalue weighted by Crippen LogP contribution is 2.21. The first-order valence-corrected chi connectivity index (χ1v) is 7.05. The van der Waals surface area contributed by atoms with E-state index in [1.54, 1.807) is 0 Å². The molecule has 0 bridgehead atoms. The van der Waals surface area contributed by atoms with E-state index in [1.165, 1.54) is 25.7 Å². The van der Waals surface area contributed by atoms with Crippen molar-refractivity contribution >= 4 is 39.1 Å². The molecule has 1 aliphatic carbocycles. The van der Waals surface area contributed by atoms with Crippen LogP contribution >= 0.6 is 28.1 Å². The average molecular weight is 314 g/mol. The molecule has 1 fully saturated rings. The van der Waals surface area contributed by atoms with E-state index in [2.05, 4.69) is 31.5 Å². The quantitative estimate of drug-likeness (QED) is 0.821. The lowest BCUT2D eigenvalue weighted by atomic mass is 10.2. The second-order valence-electron chi connectivity index (χ2n) is 4.42. The predicted molar refractivity (Wildman–Crippen MR) is 78.3 cm³/mol. The van der Waals surface area contributed by atoms with Gasteiger partial charge in [-0.15, -0.1) is 0 Å². The van der Waals surface area contributed by atoms with Gasteiger partial charge >= 0.3 is 0 Å². The van der Waals surface area contributed by atoms with Gasteiger partial charge in [0.25, 0.3) is 0 Å². The molecule has 1 aromatic heterocycles. The molecular weight excluding hydrogens is 298 g/mol. The van der Waals surface area contributed by atoms with E-state index >= 15 is 0 Å². The maximum absolute atomic E-state index is 5.28. The molecule has 0 amide bonds. The van der Waals surface area contributed by atoms with E-state index in [0.717, 1.165) is 15.9 Å². The Morgan fingerprint density at radius 2 is 2.18 bits per heavy atom. The van der Waals surface area contributed by atoms with Crippen LogP contribution < -0.4 is 10.6 Å². The smallest absolute Gasteiger partial charge is 0.172 e. The second kappa shape index (κ2) is 5.78. The van der Waals surface area contributed by atoms with Crippen LogP contribution in [-0.4, -0.2) is 16.1 Å². The summed E-state index contributed by atoms with van der Waals surface area (Å²) in [5, 5.41) is 7.12. The van der Waals surface area contributed by atoms with Crippen molar-refractivity contribution < 1.29 is 0 Å². The molecular formula is C12H16BrN3S. The minimum atomic E-state index is 0.527. The maximum Gasteiger partial charge on any atom is 0.172 e. The van der Waals surface area contributed by atoms with Crippen molar-refractivity contribution in [3.8, 4) is 0 Å². The average Bonchev–Trinajstić information content (AvgIpc) is 2.75. The number of pyridine rings is 1. The summed E-state index contributed by atoms with van der Waals surface area (Å²) in [6.45, 7) is 2.01. The van der Waals surface area contributed by atoms with Crippen molar-refractivity contribution in [3.05, 3.63) is 22.3 Å². The molecule has 0 aliphatic heterocycles. The van der Waals surface area contributed by atoms with Gasteiger partial charge in [0.2, 0.25) is 0 Å². The zero-order valence-corrected chi connectivity index (χ0v) is 12.2. The van der Waals surface area contributed by atoms with Crippen molar-refractivity contribution in [2.24, 2.45) is 0 Å². The highest BCUT2D eigenvalue weighted by atomic mass is 79.9. The Labute approximate surface area is 116 Å². The van der Waals surface area contributed by atoms with E-state index in [1.807, 2.05) is 19.2 Å². The molecule has 5 heteroatoms. The Morgan fingerprint density at radius 1 is 1.47 bits per heavy atom. The fourth-order valence-corrected chi connectivity index (χ4v) is 2.85. The van der Waals surface area contributed by atoms with Crippen LogP contribution in [0.2, 0.25) is 0 Å². The zero-order valence-electron chi connectivity index (χ0n) is 9.79. The van der Waals surface area contributed by atoms with Crippen LogP contribution in [0, 0.1) is 6.92 Å². The Kier molecular flexibility index (Phi) is 4.34. The van der Waals surface area contributed by atoms with Crippen molar-refractivity contribution in [2.45, 2.75) is 38.6 Å². The lowest BCUT2D eigenvalue weighted by Crippen LogP contribution is -2.36. The van der Waals surface area contributed by atoms with Gasteiger partial charge in [0.15, 0.2) is 5.11 Å². The summed E-state index contributed by atoms with van der Waals surface area (Å²) in [5.74, 6) is 0.770. The summed E-state index contributed by atoms with van der Waals surface area (Å²) in [4.78, 5) is 4.31. The van der Waals surface area contributed by atoms with Crippen molar-refractivity contribution in [1.82, 2.24) is 10.3 Å². The summed E-state index contributed by atoms with van der Waals surface area (Å²) >= 11 is 8.76. The molecule has 17 heavy (non-hydrogen) atoms. The Morgan fingerprint density at radius 3 is 2.82 bits per heavy atom. The van der Waals surface area contributed by atoms with Crippen molar-refractivity contribution in [1.29, 1.82) is 0 Å². The van der Waals surface area contributed by atoms with E-state index in [9.17, 15) is 0 Å². The lowest BCUT2D eigenvalue weighted by molar-refractivity contribution is 0.634. The molecule has 0 saturated heterocycles. The van der Waals surface area contributed by atoms with E-state index in [4.69, 9.17) is 12.2 Å². The first-order chi connectivity index (χ1) is 8.15. The van der Waals surface area contributed by atoms with Gasteiger partial charge < -0.3 is 10.6 Å². The molecule has 92 valence electrons. The van der Waals surface area contributed by atoms with Crippen LogP contribution in [0.4, 0.5) is 5.82 Å². The third kappa shape index (κ3) is 3.64. The number of halogens is 1. The van der Waals surface area contributed by atoms with Gasteiger partial charge in [-0.1, -0.05) is 12.8 Å². The number of aromatic nitrogens is 1. The topological polar surface area (TPSA) is 37.0 Å². The molecule has 0 aromatic carbocycles. The van der Waals surface area contributed by atoms with Gasteiger partial charge in [-0.3, -0.25) is 0 Å². The van der Waals surface area contributed by atoms with Crippen LogP contribution in [0.15, 0.2) is 16.7 Å². The molecule has 2 rings (SSSR count). The molecule has 0 atom stereocenters. The van der Waals surface area contributed by atoms with Gasteiger partial charge in [-0.25, -0.2) is 4.98 Å². The highest BCUT2D eigenvalue weighted by molar-refractivity contribution is 9.10. The van der Waals surface area contributed by atoms with Crippen molar-refractivity contribution in [2.75, 3.05) is 5.32 Å². The summed E-state index contributed by atoms with van der Waals surface area (Å²) in [6.07, 6.45) is 6.85. The largest absolute Gasteiger partial charge is 0.360 e. The number of nitrogens with zero attached hydrogens (tertiary/aromatic N) is 1. The van der Waals surface area contributed by atoms with Gasteiger partial charge in [0, 0.05) is 12.2 Å². The minimum Gasteiger partial charge on any atom is -0.360 e. The van der Waals surface area contributed by atoms with Crippen LogP contribution in [-0.2, 0) is 0 Å². The third-order valence-corrected chi connectivity index (χ3v) is 3.72. The molecule has 0 unspecified atom stereocenters. The second-order valence-corrected chi connectivity index (χ2v) is 5.69. The molecule has 2 N–H and O–H groups in total. The zero-order chi connectivity index (χ0) is 12.3. The molecule has 1 aromatic rings. The highest BCUT2D eigenvalue weighted by Gasteiger charge is 2.15. The van der Waals surface area contributed by atoms with Crippen molar-refractivity contribution in [3.63, 3.8) is 0 Å². The summed E-state index contributed by atoms with van der Waals surface area (Å²) in [5.41, 5.74) is 1.12. The summed E-state index contributed by atoms with van der Waals surface area (Å²) < 4.78 is 0.938. The lowest BCUT2D eigenvalue weighted by Gasteiger charge is -2.15. The Hall–Kier alpha value is -0.680. The number of thiocarbonyl (C=S) groups is 1. The van der Waals surface area contributed by atoms with Crippen LogP contribution in [0.1, 0.15) is 31.2 Å². The number of aryl methyl sites for hydroxylation is 1. The summed E-state index contributed by atoms with van der Waals surface area (Å²) in [6, 6.07) is 2.55. The molecule has 1 saturated carbocycles. The van der Waals surface area contributed by atoms with Gasteiger partial charge in [0.1, 0.15) is 5.82 Å². The standard InChI is InChI=1S/C12H16BrN3S/c1-8-6-10(13)11(14-7-8)16-12(17)15-9-4-2-3-5-9/h6-7,9H,2-5H2,1H3,(H2,14,15,16,17). The molecule has 0 radical (unpaired) electrons. The fraction of sp³-hybridized carbons (Fsp3) is 0.500. The van der Waals surface area contributed by atoms with E-state index in [0.29, 0.717) is 11.2 Å². The number of nitrogens with one attached hydrogen (secondary N) is 2. The Balaban J connectivity index is 1.93. The first kappa shape index (κ1) is 12.8. The summed E-state index contributed by atoms with van der Waals surface area (Å²) in [7, 11) is 0. The minimum absolute atomic E-state index is 0.527.